The van der Waals surface area contributed by atoms with Crippen molar-refractivity contribution in [3.8, 4) is 5.69 Å². The zero-order chi connectivity index (χ0) is 14.8. The van der Waals surface area contributed by atoms with Gasteiger partial charge in [0.1, 0.15) is 6.33 Å². The van der Waals surface area contributed by atoms with Crippen LogP contribution in [0.1, 0.15) is 18.5 Å². The molecule has 1 unspecified atom stereocenters. The van der Waals surface area contributed by atoms with Crippen molar-refractivity contribution in [1.82, 2.24) is 20.2 Å². The Hall–Kier alpha value is -1.63. The van der Waals surface area contributed by atoms with Crippen molar-refractivity contribution in [2.24, 2.45) is 0 Å². The minimum absolute atomic E-state index is 0.0929. The Kier molecular flexibility index (Phi) is 4.10. The third kappa shape index (κ3) is 3.18. The van der Waals surface area contributed by atoms with E-state index in [9.17, 15) is 0 Å². The lowest BCUT2D eigenvalue weighted by Crippen LogP contribution is -2.07. The van der Waals surface area contributed by atoms with Crippen LogP contribution in [-0.4, -0.2) is 20.2 Å². The molecule has 1 aromatic carbocycles. The predicted octanol–water partition coefficient (Wildman–Crippen LogP) is 4.20. The summed E-state index contributed by atoms with van der Waals surface area (Å²) in [5.41, 5.74) is 2.77. The monoisotopic (exact) mass is 339 g/mol. The fraction of sp³-hybridized carbons (Fsp3) is 0.154. The molecule has 0 aliphatic heterocycles. The van der Waals surface area contributed by atoms with Crippen molar-refractivity contribution >= 4 is 40.2 Å². The van der Waals surface area contributed by atoms with Gasteiger partial charge in [0.15, 0.2) is 0 Å². The zero-order valence-electron chi connectivity index (χ0n) is 11.0. The molecular weight excluding hydrogens is 329 g/mol. The molecule has 8 heteroatoms. The number of nitrogens with zero attached hydrogens (tertiary/aromatic N) is 4. The number of aromatic nitrogens is 4. The summed E-state index contributed by atoms with van der Waals surface area (Å²) in [5.74, 6) is 0. The quantitative estimate of drug-likeness (QED) is 0.773. The van der Waals surface area contributed by atoms with E-state index in [4.69, 9.17) is 23.2 Å². The number of tetrazole rings is 1. The summed E-state index contributed by atoms with van der Waals surface area (Å²) < 4.78 is 2.35. The number of rotatable bonds is 4. The predicted molar refractivity (Wildman–Crippen MR) is 85.5 cm³/mol. The molecule has 0 amide bonds. The number of thiophene rings is 1. The smallest absolute Gasteiger partial charge is 0.143 e. The highest BCUT2D eigenvalue weighted by molar-refractivity contribution is 7.14. The largest absolute Gasteiger partial charge is 0.377 e. The maximum absolute atomic E-state index is 6.25. The van der Waals surface area contributed by atoms with Crippen molar-refractivity contribution in [3.05, 3.63) is 50.9 Å². The summed E-state index contributed by atoms with van der Waals surface area (Å²) in [6.45, 7) is 2.05. The molecule has 5 nitrogen and oxygen atoms in total. The maximum Gasteiger partial charge on any atom is 0.143 e. The van der Waals surface area contributed by atoms with Gasteiger partial charge in [-0.3, -0.25) is 0 Å². The van der Waals surface area contributed by atoms with Crippen LogP contribution >= 0.6 is 34.5 Å². The SMILES string of the molecule is CC(Nc1cc(-n2cnnn2)ccc1Cl)c1csc(Cl)c1. The third-order valence-electron chi connectivity index (χ3n) is 3.02. The molecule has 0 aliphatic carbocycles. The second kappa shape index (κ2) is 6.01. The molecule has 0 radical (unpaired) electrons. The molecule has 0 spiro atoms. The molecule has 2 heterocycles. The highest BCUT2D eigenvalue weighted by Crippen LogP contribution is 2.31. The summed E-state index contributed by atoms with van der Waals surface area (Å²) >= 11 is 13.7. The first-order chi connectivity index (χ1) is 10.1. The van der Waals surface area contributed by atoms with E-state index in [-0.39, 0.29) is 6.04 Å². The number of hydrogen-bond acceptors (Lipinski definition) is 5. The number of anilines is 1. The van der Waals surface area contributed by atoms with Gasteiger partial charge in [-0.2, -0.15) is 0 Å². The number of halogens is 2. The fourth-order valence-corrected chi connectivity index (χ4v) is 3.07. The van der Waals surface area contributed by atoms with Crippen LogP contribution in [0.3, 0.4) is 0 Å². The molecule has 0 aliphatic rings. The van der Waals surface area contributed by atoms with Crippen molar-refractivity contribution in [3.63, 3.8) is 0 Å². The highest BCUT2D eigenvalue weighted by atomic mass is 35.5. The molecule has 21 heavy (non-hydrogen) atoms. The topological polar surface area (TPSA) is 55.6 Å². The van der Waals surface area contributed by atoms with Gasteiger partial charge in [0.25, 0.3) is 0 Å². The van der Waals surface area contributed by atoms with Crippen LogP contribution in [0.5, 0.6) is 0 Å². The Balaban J connectivity index is 1.86. The highest BCUT2D eigenvalue weighted by Gasteiger charge is 2.11. The summed E-state index contributed by atoms with van der Waals surface area (Å²) in [7, 11) is 0. The van der Waals surface area contributed by atoms with Crippen LogP contribution in [0.15, 0.2) is 36.0 Å². The van der Waals surface area contributed by atoms with E-state index >= 15 is 0 Å². The van der Waals surface area contributed by atoms with Gasteiger partial charge in [0.05, 0.1) is 20.7 Å². The Morgan fingerprint density at radius 1 is 1.29 bits per heavy atom. The molecule has 2 aromatic heterocycles. The van der Waals surface area contributed by atoms with Gasteiger partial charge < -0.3 is 5.32 Å². The van der Waals surface area contributed by atoms with E-state index in [1.54, 1.807) is 4.68 Å². The third-order valence-corrected chi connectivity index (χ3v) is 4.46. The first-order valence-corrected chi connectivity index (χ1v) is 7.80. The normalized spacial score (nSPS) is 12.3. The van der Waals surface area contributed by atoms with Gasteiger partial charge in [0, 0.05) is 6.04 Å². The first kappa shape index (κ1) is 14.3. The van der Waals surface area contributed by atoms with Crippen LogP contribution in [0, 0.1) is 0 Å². The maximum atomic E-state index is 6.25. The summed E-state index contributed by atoms with van der Waals surface area (Å²) in [6.07, 6.45) is 1.54. The van der Waals surface area contributed by atoms with E-state index in [1.165, 1.54) is 17.7 Å². The molecule has 0 bridgehead atoms. The van der Waals surface area contributed by atoms with Crippen LogP contribution in [0.2, 0.25) is 9.36 Å². The van der Waals surface area contributed by atoms with Gasteiger partial charge in [-0.1, -0.05) is 23.2 Å². The van der Waals surface area contributed by atoms with Crippen LogP contribution in [-0.2, 0) is 0 Å². The Morgan fingerprint density at radius 3 is 2.81 bits per heavy atom. The Morgan fingerprint density at radius 2 is 2.14 bits per heavy atom. The molecule has 3 aromatic rings. The van der Waals surface area contributed by atoms with E-state index in [0.29, 0.717) is 5.02 Å². The molecule has 108 valence electrons. The summed E-state index contributed by atoms with van der Waals surface area (Å²) in [4.78, 5) is 0. The van der Waals surface area contributed by atoms with Gasteiger partial charge >= 0.3 is 0 Å². The lowest BCUT2D eigenvalue weighted by Gasteiger charge is -2.16. The van der Waals surface area contributed by atoms with Gasteiger partial charge in [-0.15, -0.1) is 16.4 Å². The number of nitrogens with one attached hydrogen (secondary N) is 1. The zero-order valence-corrected chi connectivity index (χ0v) is 13.3. The minimum atomic E-state index is 0.0929. The summed E-state index contributed by atoms with van der Waals surface area (Å²) in [5, 5.41) is 17.2. The average Bonchev–Trinajstić information content (AvgIpc) is 3.12. The Labute approximate surface area is 135 Å². The lowest BCUT2D eigenvalue weighted by atomic mass is 10.1. The first-order valence-electron chi connectivity index (χ1n) is 6.17. The Bertz CT molecular complexity index is 741. The fourth-order valence-electron chi connectivity index (χ4n) is 1.91. The number of benzene rings is 1. The van der Waals surface area contributed by atoms with Crippen LogP contribution in [0.4, 0.5) is 5.69 Å². The molecular formula is C13H11Cl2N5S. The second-order valence-corrected chi connectivity index (χ2v) is 6.42. The summed E-state index contributed by atoms with van der Waals surface area (Å²) in [6, 6.07) is 7.62. The van der Waals surface area contributed by atoms with Crippen molar-refractivity contribution in [2.45, 2.75) is 13.0 Å². The molecule has 0 fully saturated rings. The second-order valence-electron chi connectivity index (χ2n) is 4.47. The molecule has 1 atom stereocenters. The van der Waals surface area contributed by atoms with E-state index in [1.807, 2.05) is 29.6 Å². The van der Waals surface area contributed by atoms with Crippen molar-refractivity contribution in [2.75, 3.05) is 5.32 Å². The molecule has 1 N–H and O–H groups in total. The van der Waals surface area contributed by atoms with Crippen LogP contribution < -0.4 is 5.32 Å². The standard InChI is InChI=1S/C13H11Cl2N5S/c1-8(9-4-13(15)21-6-9)17-12-5-10(2-3-11(12)14)20-7-16-18-19-20/h2-8,17H,1H3. The molecule has 0 saturated heterocycles. The van der Waals surface area contributed by atoms with E-state index < -0.39 is 0 Å². The van der Waals surface area contributed by atoms with E-state index in [0.717, 1.165) is 21.3 Å². The molecule has 3 rings (SSSR count). The van der Waals surface area contributed by atoms with E-state index in [2.05, 4.69) is 27.8 Å². The van der Waals surface area contributed by atoms with Gasteiger partial charge in [-0.25, -0.2) is 4.68 Å². The van der Waals surface area contributed by atoms with Gasteiger partial charge in [0.2, 0.25) is 0 Å². The lowest BCUT2D eigenvalue weighted by molar-refractivity contribution is 0.788. The van der Waals surface area contributed by atoms with Crippen molar-refractivity contribution in [1.29, 1.82) is 0 Å². The van der Waals surface area contributed by atoms with Crippen molar-refractivity contribution < 1.29 is 0 Å². The average molecular weight is 340 g/mol. The minimum Gasteiger partial charge on any atom is -0.377 e. The number of hydrogen-bond donors (Lipinski definition) is 1. The van der Waals surface area contributed by atoms with Gasteiger partial charge in [-0.05, 0) is 52.6 Å². The molecule has 0 saturated carbocycles. The van der Waals surface area contributed by atoms with Crippen LogP contribution in [0.25, 0.3) is 5.69 Å².